The number of aromatic nitrogens is 1. The zero-order valence-electron chi connectivity index (χ0n) is 14.0. The predicted molar refractivity (Wildman–Crippen MR) is 89.8 cm³/mol. The molecule has 1 saturated heterocycles. The Hall–Kier alpha value is -1.13. The number of piperazine rings is 1. The van der Waals surface area contributed by atoms with Crippen LogP contribution in [0.15, 0.2) is 18.2 Å². The molecule has 1 fully saturated rings. The van der Waals surface area contributed by atoms with Crippen LogP contribution in [-0.2, 0) is 6.54 Å². The number of nitrogens with zero attached hydrogens (tertiary/aromatic N) is 3. The predicted octanol–water partition coefficient (Wildman–Crippen LogP) is 2.50. The molecular formula is C17H30N4. The molecular weight excluding hydrogens is 260 g/mol. The van der Waals surface area contributed by atoms with E-state index in [1.807, 2.05) is 0 Å². The van der Waals surface area contributed by atoms with Crippen molar-refractivity contribution in [1.82, 2.24) is 15.2 Å². The average molecular weight is 290 g/mol. The van der Waals surface area contributed by atoms with Gasteiger partial charge in [0.15, 0.2) is 0 Å². The van der Waals surface area contributed by atoms with Crippen LogP contribution in [0.5, 0.6) is 0 Å². The third-order valence-electron chi connectivity index (χ3n) is 4.08. The summed E-state index contributed by atoms with van der Waals surface area (Å²) < 4.78 is 0. The lowest BCUT2D eigenvalue weighted by Gasteiger charge is -2.42. The average Bonchev–Trinajstić information content (AvgIpc) is 2.47. The van der Waals surface area contributed by atoms with Crippen LogP contribution >= 0.6 is 0 Å². The lowest BCUT2D eigenvalue weighted by Crippen LogP contribution is -2.53. The first-order valence-corrected chi connectivity index (χ1v) is 8.17. The largest absolute Gasteiger partial charge is 0.354 e. The molecule has 0 unspecified atom stereocenters. The molecule has 0 spiro atoms. The van der Waals surface area contributed by atoms with E-state index >= 15 is 0 Å². The summed E-state index contributed by atoms with van der Waals surface area (Å²) >= 11 is 0. The number of anilines is 1. The minimum absolute atomic E-state index is 0.269. The van der Waals surface area contributed by atoms with Gasteiger partial charge >= 0.3 is 0 Å². The maximum absolute atomic E-state index is 4.80. The minimum atomic E-state index is 0.269. The van der Waals surface area contributed by atoms with E-state index in [9.17, 15) is 0 Å². The maximum atomic E-state index is 4.80. The molecule has 2 heterocycles. The van der Waals surface area contributed by atoms with Crippen LogP contribution in [0.4, 0.5) is 5.82 Å². The summed E-state index contributed by atoms with van der Waals surface area (Å²) in [6.07, 6.45) is 1.16. The van der Waals surface area contributed by atoms with Crippen LogP contribution in [0.1, 0.15) is 39.8 Å². The van der Waals surface area contributed by atoms with Gasteiger partial charge in [0.05, 0.1) is 5.69 Å². The summed E-state index contributed by atoms with van der Waals surface area (Å²) in [6.45, 7) is 15.3. The van der Waals surface area contributed by atoms with E-state index in [2.05, 4.69) is 61.0 Å². The van der Waals surface area contributed by atoms with Gasteiger partial charge < -0.3 is 10.2 Å². The standard InChI is InChI=1S/C17H30N4/c1-5-9-18-14-15-7-6-8-16(19-15)20-10-12-21(13-11-20)17(2,3)4/h6-8,18H,5,9-14H2,1-4H3. The first kappa shape index (κ1) is 16.2. The monoisotopic (exact) mass is 290 g/mol. The lowest BCUT2D eigenvalue weighted by atomic mass is 10.1. The van der Waals surface area contributed by atoms with Crippen molar-refractivity contribution < 1.29 is 0 Å². The van der Waals surface area contributed by atoms with Gasteiger partial charge in [-0.05, 0) is 45.9 Å². The van der Waals surface area contributed by atoms with Crippen molar-refractivity contribution in [2.45, 2.75) is 46.2 Å². The van der Waals surface area contributed by atoms with E-state index in [0.717, 1.165) is 57.2 Å². The number of hydrogen-bond donors (Lipinski definition) is 1. The number of rotatable bonds is 5. The smallest absolute Gasteiger partial charge is 0.128 e. The quantitative estimate of drug-likeness (QED) is 0.844. The molecule has 0 radical (unpaired) electrons. The van der Waals surface area contributed by atoms with Gasteiger partial charge in [0.1, 0.15) is 5.82 Å². The highest BCUT2D eigenvalue weighted by atomic mass is 15.3. The molecule has 118 valence electrons. The molecule has 0 saturated carbocycles. The first-order chi connectivity index (χ1) is 10.0. The van der Waals surface area contributed by atoms with Gasteiger partial charge in [0.2, 0.25) is 0 Å². The molecule has 21 heavy (non-hydrogen) atoms. The first-order valence-electron chi connectivity index (χ1n) is 8.17. The van der Waals surface area contributed by atoms with Crippen LogP contribution in [0.3, 0.4) is 0 Å². The van der Waals surface area contributed by atoms with E-state index in [-0.39, 0.29) is 5.54 Å². The third kappa shape index (κ3) is 4.68. The Bertz CT molecular complexity index is 431. The molecule has 1 aromatic rings. The van der Waals surface area contributed by atoms with Crippen molar-refractivity contribution in [2.75, 3.05) is 37.6 Å². The normalized spacial score (nSPS) is 17.2. The zero-order valence-corrected chi connectivity index (χ0v) is 14.0. The van der Waals surface area contributed by atoms with Crippen LogP contribution in [-0.4, -0.2) is 48.1 Å². The Morgan fingerprint density at radius 1 is 1.14 bits per heavy atom. The Labute approximate surface area is 129 Å². The number of hydrogen-bond acceptors (Lipinski definition) is 4. The fraction of sp³-hybridized carbons (Fsp3) is 0.706. The Morgan fingerprint density at radius 2 is 1.86 bits per heavy atom. The second kappa shape index (κ2) is 7.23. The van der Waals surface area contributed by atoms with Crippen molar-refractivity contribution in [1.29, 1.82) is 0 Å². The molecule has 0 aliphatic carbocycles. The molecule has 1 aliphatic rings. The molecule has 1 N–H and O–H groups in total. The van der Waals surface area contributed by atoms with Crippen LogP contribution in [0.2, 0.25) is 0 Å². The molecule has 0 amide bonds. The molecule has 1 aromatic heterocycles. The van der Waals surface area contributed by atoms with Crippen molar-refractivity contribution >= 4 is 5.82 Å². The summed E-state index contributed by atoms with van der Waals surface area (Å²) in [6, 6.07) is 6.37. The molecule has 4 heteroatoms. The highest BCUT2D eigenvalue weighted by Gasteiger charge is 2.26. The van der Waals surface area contributed by atoms with Gasteiger partial charge in [-0.3, -0.25) is 4.90 Å². The van der Waals surface area contributed by atoms with Gasteiger partial charge in [0, 0.05) is 38.3 Å². The Morgan fingerprint density at radius 3 is 2.48 bits per heavy atom. The van der Waals surface area contributed by atoms with E-state index in [4.69, 9.17) is 4.98 Å². The summed E-state index contributed by atoms with van der Waals surface area (Å²) in [7, 11) is 0. The van der Waals surface area contributed by atoms with Gasteiger partial charge in [-0.15, -0.1) is 0 Å². The van der Waals surface area contributed by atoms with Gasteiger partial charge in [0.25, 0.3) is 0 Å². The lowest BCUT2D eigenvalue weighted by molar-refractivity contribution is 0.128. The van der Waals surface area contributed by atoms with Gasteiger partial charge in [-0.2, -0.15) is 0 Å². The van der Waals surface area contributed by atoms with Crippen LogP contribution in [0.25, 0.3) is 0 Å². The van der Waals surface area contributed by atoms with E-state index in [1.54, 1.807) is 0 Å². The van der Waals surface area contributed by atoms with Gasteiger partial charge in [-0.25, -0.2) is 4.98 Å². The van der Waals surface area contributed by atoms with Crippen LogP contribution < -0.4 is 10.2 Å². The number of pyridine rings is 1. The van der Waals surface area contributed by atoms with Gasteiger partial charge in [-0.1, -0.05) is 13.0 Å². The van der Waals surface area contributed by atoms with E-state index in [0.29, 0.717) is 0 Å². The molecule has 4 nitrogen and oxygen atoms in total. The van der Waals surface area contributed by atoms with Crippen molar-refractivity contribution in [3.63, 3.8) is 0 Å². The summed E-state index contributed by atoms with van der Waals surface area (Å²) in [5.41, 5.74) is 1.41. The molecule has 2 rings (SSSR count). The molecule has 0 atom stereocenters. The minimum Gasteiger partial charge on any atom is -0.354 e. The SMILES string of the molecule is CCCNCc1cccc(N2CCN(C(C)(C)C)CC2)n1. The second-order valence-electron chi connectivity index (χ2n) is 6.81. The van der Waals surface area contributed by atoms with Crippen LogP contribution in [0, 0.1) is 0 Å². The Balaban J connectivity index is 1.92. The third-order valence-corrected chi connectivity index (χ3v) is 4.08. The highest BCUT2D eigenvalue weighted by Crippen LogP contribution is 2.19. The Kier molecular flexibility index (Phi) is 5.59. The second-order valence-corrected chi connectivity index (χ2v) is 6.81. The topological polar surface area (TPSA) is 31.4 Å². The zero-order chi connectivity index (χ0) is 15.3. The summed E-state index contributed by atoms with van der Waals surface area (Å²) in [4.78, 5) is 9.76. The molecule has 0 bridgehead atoms. The van der Waals surface area contributed by atoms with E-state index < -0.39 is 0 Å². The molecule has 1 aliphatic heterocycles. The highest BCUT2D eigenvalue weighted by molar-refractivity contribution is 5.40. The summed E-state index contributed by atoms with van der Waals surface area (Å²) in [5, 5.41) is 3.42. The van der Waals surface area contributed by atoms with Crippen molar-refractivity contribution in [3.05, 3.63) is 23.9 Å². The van der Waals surface area contributed by atoms with Crippen molar-refractivity contribution in [3.8, 4) is 0 Å². The van der Waals surface area contributed by atoms with Crippen molar-refractivity contribution in [2.24, 2.45) is 0 Å². The van der Waals surface area contributed by atoms with E-state index in [1.165, 1.54) is 0 Å². The fourth-order valence-electron chi connectivity index (χ4n) is 2.74. The number of nitrogens with one attached hydrogen (secondary N) is 1. The fourth-order valence-corrected chi connectivity index (χ4v) is 2.74. The molecule has 0 aromatic carbocycles. The summed E-state index contributed by atoms with van der Waals surface area (Å²) in [5.74, 6) is 1.12. The maximum Gasteiger partial charge on any atom is 0.128 e.